The molecule has 0 aromatic heterocycles. The Balaban J connectivity index is 2.30. The average Bonchev–Trinajstić information content (AvgIpc) is 2.35. The fraction of sp³-hybridized carbons (Fsp3) is 0.562. The molecule has 0 saturated heterocycles. The predicted octanol–water partition coefficient (Wildman–Crippen LogP) is 3.66. The van der Waals surface area contributed by atoms with Gasteiger partial charge in [0.1, 0.15) is 5.60 Å². The summed E-state index contributed by atoms with van der Waals surface area (Å²) in [4.78, 5) is 16.4. The van der Waals surface area contributed by atoms with Crippen LogP contribution in [-0.2, 0) is 4.74 Å². The summed E-state index contributed by atoms with van der Waals surface area (Å²) in [6, 6.07) is 8.42. The zero-order valence-electron chi connectivity index (χ0n) is 13.0. The number of para-hydroxylation sites is 2. The van der Waals surface area contributed by atoms with Crippen molar-refractivity contribution in [3.63, 3.8) is 0 Å². The van der Waals surface area contributed by atoms with Crippen molar-refractivity contribution in [2.75, 3.05) is 22.9 Å². The molecule has 1 aromatic carbocycles. The van der Waals surface area contributed by atoms with E-state index in [4.69, 9.17) is 4.74 Å². The van der Waals surface area contributed by atoms with Gasteiger partial charge in [0.05, 0.1) is 11.4 Å². The second-order valence-electron chi connectivity index (χ2n) is 6.41. The van der Waals surface area contributed by atoms with E-state index in [1.54, 1.807) is 4.90 Å². The largest absolute Gasteiger partial charge is 0.443 e. The molecule has 1 aromatic rings. The summed E-state index contributed by atoms with van der Waals surface area (Å²) in [6.45, 7) is 11.5. The van der Waals surface area contributed by atoms with Crippen molar-refractivity contribution < 1.29 is 9.53 Å². The van der Waals surface area contributed by atoms with E-state index in [2.05, 4.69) is 24.8 Å². The monoisotopic (exact) mass is 276 g/mol. The van der Waals surface area contributed by atoms with Crippen molar-refractivity contribution in [3.05, 3.63) is 24.3 Å². The van der Waals surface area contributed by atoms with Crippen LogP contribution in [0.1, 0.15) is 34.6 Å². The van der Waals surface area contributed by atoms with E-state index in [-0.39, 0.29) is 6.09 Å². The Morgan fingerprint density at radius 2 is 1.75 bits per heavy atom. The number of amides is 1. The highest BCUT2D eigenvalue weighted by Gasteiger charge is 2.30. The summed E-state index contributed by atoms with van der Waals surface area (Å²) in [7, 11) is 0. The van der Waals surface area contributed by atoms with Crippen LogP contribution >= 0.6 is 0 Å². The highest BCUT2D eigenvalue weighted by atomic mass is 16.6. The molecule has 4 heteroatoms. The number of fused-ring (bicyclic) bond motifs is 1. The number of carbonyl (C=O) groups excluding carboxylic acids is 1. The standard InChI is InChI=1S/C16H24N2O2/c1-12(2)17-10-11-18(15(19)20-16(3,4)5)14-9-7-6-8-13(14)17/h6-9,12H,10-11H2,1-5H3. The fourth-order valence-electron chi connectivity index (χ4n) is 2.43. The summed E-state index contributed by atoms with van der Waals surface area (Å²) in [5.74, 6) is 0. The molecule has 20 heavy (non-hydrogen) atoms. The van der Waals surface area contributed by atoms with Crippen molar-refractivity contribution in [2.45, 2.75) is 46.3 Å². The molecule has 1 amide bonds. The molecule has 1 heterocycles. The van der Waals surface area contributed by atoms with Gasteiger partial charge in [0.15, 0.2) is 0 Å². The van der Waals surface area contributed by atoms with E-state index in [1.807, 2.05) is 39.0 Å². The average molecular weight is 276 g/mol. The Hall–Kier alpha value is -1.71. The molecule has 0 spiro atoms. The number of rotatable bonds is 1. The van der Waals surface area contributed by atoms with Gasteiger partial charge in [-0.2, -0.15) is 0 Å². The number of hydrogen-bond donors (Lipinski definition) is 0. The lowest BCUT2D eigenvalue weighted by Gasteiger charge is -2.40. The molecular formula is C16H24N2O2. The van der Waals surface area contributed by atoms with E-state index in [0.29, 0.717) is 12.6 Å². The van der Waals surface area contributed by atoms with Gasteiger partial charge < -0.3 is 9.64 Å². The van der Waals surface area contributed by atoms with E-state index in [9.17, 15) is 4.79 Å². The zero-order valence-corrected chi connectivity index (χ0v) is 13.0. The van der Waals surface area contributed by atoms with Gasteiger partial charge in [-0.25, -0.2) is 4.79 Å². The second kappa shape index (κ2) is 5.35. The topological polar surface area (TPSA) is 32.8 Å². The SMILES string of the molecule is CC(C)N1CCN(C(=O)OC(C)(C)C)c2ccccc21. The maximum atomic E-state index is 12.3. The highest BCUT2D eigenvalue weighted by Crippen LogP contribution is 2.34. The second-order valence-corrected chi connectivity index (χ2v) is 6.41. The third kappa shape index (κ3) is 3.06. The minimum atomic E-state index is -0.471. The van der Waals surface area contributed by atoms with Crippen LogP contribution in [0.15, 0.2) is 24.3 Å². The first-order valence-corrected chi connectivity index (χ1v) is 7.16. The maximum absolute atomic E-state index is 12.3. The number of ether oxygens (including phenoxy) is 1. The molecule has 0 radical (unpaired) electrons. The lowest BCUT2D eigenvalue weighted by Crippen LogP contribution is -2.47. The molecule has 0 fully saturated rings. The van der Waals surface area contributed by atoms with Crippen LogP contribution in [0.2, 0.25) is 0 Å². The third-order valence-electron chi connectivity index (χ3n) is 3.28. The molecule has 110 valence electrons. The van der Waals surface area contributed by atoms with Gasteiger partial charge in [0.2, 0.25) is 0 Å². The molecule has 2 rings (SSSR count). The summed E-state index contributed by atoms with van der Waals surface area (Å²) >= 11 is 0. The Morgan fingerprint density at radius 3 is 2.30 bits per heavy atom. The first-order chi connectivity index (χ1) is 9.29. The van der Waals surface area contributed by atoms with Crippen molar-refractivity contribution in [2.24, 2.45) is 0 Å². The molecule has 0 unspecified atom stereocenters. The van der Waals surface area contributed by atoms with Gasteiger partial charge in [0.25, 0.3) is 0 Å². The Bertz CT molecular complexity index is 491. The predicted molar refractivity (Wildman–Crippen MR) is 82.5 cm³/mol. The van der Waals surface area contributed by atoms with Crippen LogP contribution in [0.5, 0.6) is 0 Å². The Kier molecular flexibility index (Phi) is 3.93. The van der Waals surface area contributed by atoms with E-state index >= 15 is 0 Å². The van der Waals surface area contributed by atoms with Crippen LogP contribution in [0.4, 0.5) is 16.2 Å². The molecule has 0 N–H and O–H groups in total. The molecule has 1 aliphatic rings. The number of hydrogen-bond acceptors (Lipinski definition) is 3. The summed E-state index contributed by atoms with van der Waals surface area (Å²) < 4.78 is 5.50. The molecule has 0 aliphatic carbocycles. The Labute approximate surface area is 121 Å². The van der Waals surface area contributed by atoms with Crippen molar-refractivity contribution in [1.82, 2.24) is 0 Å². The van der Waals surface area contributed by atoms with Gasteiger partial charge >= 0.3 is 6.09 Å². The normalized spacial score (nSPS) is 15.3. The highest BCUT2D eigenvalue weighted by molar-refractivity contribution is 5.93. The molecule has 0 bridgehead atoms. The Morgan fingerprint density at radius 1 is 1.15 bits per heavy atom. The van der Waals surface area contributed by atoms with Crippen LogP contribution in [-0.4, -0.2) is 30.8 Å². The van der Waals surface area contributed by atoms with Crippen LogP contribution in [0, 0.1) is 0 Å². The van der Waals surface area contributed by atoms with Crippen LogP contribution in [0.3, 0.4) is 0 Å². The lowest BCUT2D eigenvalue weighted by molar-refractivity contribution is 0.0579. The van der Waals surface area contributed by atoms with Gasteiger partial charge in [-0.15, -0.1) is 0 Å². The van der Waals surface area contributed by atoms with E-state index in [0.717, 1.165) is 17.9 Å². The van der Waals surface area contributed by atoms with Gasteiger partial charge in [0, 0.05) is 19.1 Å². The first kappa shape index (κ1) is 14.7. The molecule has 0 saturated carbocycles. The molecule has 0 atom stereocenters. The summed E-state index contributed by atoms with van der Waals surface area (Å²) in [5.41, 5.74) is 1.56. The van der Waals surface area contributed by atoms with Crippen LogP contribution < -0.4 is 9.80 Å². The van der Waals surface area contributed by atoms with Crippen LogP contribution in [0.25, 0.3) is 0 Å². The minimum absolute atomic E-state index is 0.270. The number of anilines is 2. The van der Waals surface area contributed by atoms with E-state index in [1.165, 1.54) is 0 Å². The first-order valence-electron chi connectivity index (χ1n) is 7.16. The number of benzene rings is 1. The third-order valence-corrected chi connectivity index (χ3v) is 3.28. The maximum Gasteiger partial charge on any atom is 0.414 e. The van der Waals surface area contributed by atoms with Gasteiger partial charge in [-0.3, -0.25) is 4.90 Å². The minimum Gasteiger partial charge on any atom is -0.443 e. The lowest BCUT2D eigenvalue weighted by atomic mass is 10.1. The molecule has 4 nitrogen and oxygen atoms in total. The fourth-order valence-corrected chi connectivity index (χ4v) is 2.43. The van der Waals surface area contributed by atoms with Crippen molar-refractivity contribution >= 4 is 17.5 Å². The van der Waals surface area contributed by atoms with Gasteiger partial charge in [-0.05, 0) is 46.8 Å². The molecular weight excluding hydrogens is 252 g/mol. The van der Waals surface area contributed by atoms with Gasteiger partial charge in [-0.1, -0.05) is 12.1 Å². The van der Waals surface area contributed by atoms with E-state index < -0.39 is 5.60 Å². The van der Waals surface area contributed by atoms with Crippen molar-refractivity contribution in [1.29, 1.82) is 0 Å². The summed E-state index contributed by atoms with van der Waals surface area (Å²) in [5, 5.41) is 0. The number of nitrogens with zero attached hydrogens (tertiary/aromatic N) is 2. The summed E-state index contributed by atoms with van der Waals surface area (Å²) in [6.07, 6.45) is -0.270. The number of carbonyl (C=O) groups is 1. The quantitative estimate of drug-likeness (QED) is 0.784. The molecule has 1 aliphatic heterocycles. The van der Waals surface area contributed by atoms with Crippen molar-refractivity contribution in [3.8, 4) is 0 Å². The zero-order chi connectivity index (χ0) is 14.9. The smallest absolute Gasteiger partial charge is 0.414 e.